The van der Waals surface area contributed by atoms with Gasteiger partial charge in [0.1, 0.15) is 11.5 Å². The van der Waals surface area contributed by atoms with E-state index in [1.54, 1.807) is 6.20 Å². The van der Waals surface area contributed by atoms with Crippen LogP contribution < -0.4 is 0 Å². The quantitative estimate of drug-likeness (QED) is 0.631. The van der Waals surface area contributed by atoms with Crippen LogP contribution in [0.1, 0.15) is 68.5 Å². The number of carbonyl (C=O) groups is 1. The molecule has 0 saturated heterocycles. The van der Waals surface area contributed by atoms with Crippen LogP contribution in [0.2, 0.25) is 0 Å². The number of fused-ring (bicyclic) bond motifs is 1. The fraction of sp³-hybridized carbons (Fsp3) is 0.500. The van der Waals surface area contributed by atoms with Gasteiger partial charge in [0.15, 0.2) is 5.65 Å². The number of furan rings is 1. The van der Waals surface area contributed by atoms with Crippen LogP contribution in [-0.4, -0.2) is 37.7 Å². The van der Waals surface area contributed by atoms with Gasteiger partial charge in [-0.1, -0.05) is 0 Å². The molecule has 3 heterocycles. The minimum absolute atomic E-state index is 0.0623. The highest BCUT2D eigenvalue weighted by atomic mass is 16.3. The molecule has 148 valence electrons. The molecule has 4 rings (SSSR count). The van der Waals surface area contributed by atoms with Gasteiger partial charge < -0.3 is 9.32 Å². The van der Waals surface area contributed by atoms with Crippen molar-refractivity contribution in [2.45, 2.75) is 72.5 Å². The van der Waals surface area contributed by atoms with Crippen LogP contribution in [0.5, 0.6) is 0 Å². The van der Waals surface area contributed by atoms with Crippen LogP contribution in [0, 0.1) is 13.8 Å². The van der Waals surface area contributed by atoms with Crippen LogP contribution in [0.3, 0.4) is 0 Å². The van der Waals surface area contributed by atoms with Crippen LogP contribution in [-0.2, 0) is 0 Å². The van der Waals surface area contributed by atoms with Crippen molar-refractivity contribution in [2.24, 2.45) is 0 Å². The molecule has 6 heteroatoms. The monoisotopic (exact) mass is 380 g/mol. The summed E-state index contributed by atoms with van der Waals surface area (Å²) in [6, 6.07) is 4.54. The van der Waals surface area contributed by atoms with Crippen LogP contribution >= 0.6 is 0 Å². The maximum atomic E-state index is 13.6. The molecule has 3 aromatic heterocycles. The Kier molecular flexibility index (Phi) is 4.52. The van der Waals surface area contributed by atoms with Crippen molar-refractivity contribution in [2.75, 3.05) is 0 Å². The Balaban J connectivity index is 1.94. The molecule has 3 aromatic rings. The van der Waals surface area contributed by atoms with Crippen LogP contribution in [0.25, 0.3) is 22.3 Å². The number of hydrogen-bond donors (Lipinski definition) is 0. The maximum Gasteiger partial charge on any atom is 0.255 e. The molecule has 0 aromatic carbocycles. The molecule has 0 aliphatic heterocycles. The lowest BCUT2D eigenvalue weighted by molar-refractivity contribution is 0.0692. The highest BCUT2D eigenvalue weighted by Crippen LogP contribution is 2.34. The molecule has 0 unspecified atom stereocenters. The summed E-state index contributed by atoms with van der Waals surface area (Å²) in [6.07, 6.45) is 3.94. The van der Waals surface area contributed by atoms with E-state index in [4.69, 9.17) is 9.40 Å². The highest BCUT2D eigenvalue weighted by Gasteiger charge is 2.36. The summed E-state index contributed by atoms with van der Waals surface area (Å²) in [5, 5.41) is 5.34. The van der Waals surface area contributed by atoms with E-state index >= 15 is 0 Å². The molecule has 0 spiro atoms. The van der Waals surface area contributed by atoms with Crippen molar-refractivity contribution in [3.8, 4) is 11.3 Å². The molecule has 1 aliphatic carbocycles. The van der Waals surface area contributed by atoms with E-state index in [0.29, 0.717) is 11.6 Å². The maximum absolute atomic E-state index is 13.6. The molecular weight excluding hydrogens is 352 g/mol. The summed E-state index contributed by atoms with van der Waals surface area (Å²) in [5.41, 5.74) is 3.10. The van der Waals surface area contributed by atoms with Gasteiger partial charge in [-0.3, -0.25) is 4.79 Å². The number of aryl methyl sites for hydroxylation is 2. The highest BCUT2D eigenvalue weighted by molar-refractivity contribution is 6.06. The minimum Gasteiger partial charge on any atom is -0.466 e. The summed E-state index contributed by atoms with van der Waals surface area (Å²) >= 11 is 0. The van der Waals surface area contributed by atoms with Gasteiger partial charge in [-0.25, -0.2) is 9.67 Å². The van der Waals surface area contributed by atoms with Gasteiger partial charge in [-0.05, 0) is 66.5 Å². The van der Waals surface area contributed by atoms with Crippen molar-refractivity contribution in [3.05, 3.63) is 35.4 Å². The SMILES string of the molecule is Cc1cc(-c2cc(C(=O)N(C(C)C)C3CC3)c3cnn(C(C)C)c3n2)c(C)o1. The molecule has 1 amide bonds. The van der Waals surface area contributed by atoms with Crippen molar-refractivity contribution in [1.29, 1.82) is 0 Å². The smallest absolute Gasteiger partial charge is 0.255 e. The number of amides is 1. The van der Waals surface area contributed by atoms with Crippen molar-refractivity contribution >= 4 is 16.9 Å². The van der Waals surface area contributed by atoms with E-state index in [1.807, 2.05) is 35.6 Å². The number of rotatable bonds is 5. The fourth-order valence-corrected chi connectivity index (χ4v) is 3.91. The third-order valence-electron chi connectivity index (χ3n) is 5.33. The average Bonchev–Trinajstić information content (AvgIpc) is 3.24. The van der Waals surface area contributed by atoms with Gasteiger partial charge in [-0.2, -0.15) is 5.10 Å². The molecular formula is C22H28N4O2. The Morgan fingerprint density at radius 3 is 2.46 bits per heavy atom. The second-order valence-corrected chi connectivity index (χ2v) is 8.34. The largest absolute Gasteiger partial charge is 0.466 e. The number of hydrogen-bond acceptors (Lipinski definition) is 4. The summed E-state index contributed by atoms with van der Waals surface area (Å²) in [6.45, 7) is 12.2. The van der Waals surface area contributed by atoms with Gasteiger partial charge in [0.25, 0.3) is 5.91 Å². The van der Waals surface area contributed by atoms with Gasteiger partial charge in [0.2, 0.25) is 0 Å². The topological polar surface area (TPSA) is 64.2 Å². The minimum atomic E-state index is 0.0623. The first-order valence-corrected chi connectivity index (χ1v) is 10.1. The molecule has 0 bridgehead atoms. The fourth-order valence-electron chi connectivity index (χ4n) is 3.91. The number of carbonyl (C=O) groups excluding carboxylic acids is 1. The van der Waals surface area contributed by atoms with E-state index in [9.17, 15) is 4.79 Å². The molecule has 1 saturated carbocycles. The number of pyridine rings is 1. The Hall–Kier alpha value is -2.63. The van der Waals surface area contributed by atoms with Gasteiger partial charge in [-0.15, -0.1) is 0 Å². The molecule has 0 radical (unpaired) electrons. The Bertz CT molecular complexity index is 1040. The Labute approximate surface area is 165 Å². The predicted molar refractivity (Wildman–Crippen MR) is 109 cm³/mol. The number of aromatic nitrogens is 3. The number of nitrogens with zero attached hydrogens (tertiary/aromatic N) is 4. The summed E-state index contributed by atoms with van der Waals surface area (Å²) in [5.74, 6) is 1.70. The zero-order valence-electron chi connectivity index (χ0n) is 17.5. The van der Waals surface area contributed by atoms with E-state index in [-0.39, 0.29) is 18.0 Å². The van der Waals surface area contributed by atoms with E-state index in [2.05, 4.69) is 32.8 Å². The first-order valence-electron chi connectivity index (χ1n) is 10.1. The predicted octanol–water partition coefficient (Wildman–Crippen LogP) is 4.90. The van der Waals surface area contributed by atoms with Gasteiger partial charge >= 0.3 is 0 Å². The lowest BCUT2D eigenvalue weighted by atomic mass is 10.1. The second kappa shape index (κ2) is 6.76. The van der Waals surface area contributed by atoms with Crippen molar-refractivity contribution < 1.29 is 9.21 Å². The van der Waals surface area contributed by atoms with E-state index < -0.39 is 0 Å². The third-order valence-corrected chi connectivity index (χ3v) is 5.33. The van der Waals surface area contributed by atoms with Gasteiger partial charge in [0, 0.05) is 23.7 Å². The molecule has 6 nitrogen and oxygen atoms in total. The first kappa shape index (κ1) is 18.7. The summed E-state index contributed by atoms with van der Waals surface area (Å²) in [7, 11) is 0. The van der Waals surface area contributed by atoms with Crippen molar-refractivity contribution in [3.63, 3.8) is 0 Å². The lowest BCUT2D eigenvalue weighted by Gasteiger charge is -2.27. The lowest BCUT2D eigenvalue weighted by Crippen LogP contribution is -2.38. The zero-order chi connectivity index (χ0) is 20.2. The molecule has 0 N–H and O–H groups in total. The zero-order valence-corrected chi connectivity index (χ0v) is 17.5. The van der Waals surface area contributed by atoms with Crippen molar-refractivity contribution in [1.82, 2.24) is 19.7 Å². The van der Waals surface area contributed by atoms with Gasteiger partial charge in [0.05, 0.1) is 22.8 Å². The standard InChI is InChI=1S/C22H28N4O2/c1-12(2)25(16-7-8-16)22(27)18-10-20(17-9-14(5)28-15(17)6)24-21-19(18)11-23-26(21)13(3)4/h9-13,16H,7-8H2,1-6H3. The Morgan fingerprint density at radius 1 is 1.21 bits per heavy atom. The average molecular weight is 380 g/mol. The van der Waals surface area contributed by atoms with E-state index in [1.165, 1.54) is 0 Å². The second-order valence-electron chi connectivity index (χ2n) is 8.34. The summed E-state index contributed by atoms with van der Waals surface area (Å²) < 4.78 is 7.60. The molecule has 0 atom stereocenters. The van der Waals surface area contributed by atoms with E-state index in [0.717, 1.165) is 46.7 Å². The Morgan fingerprint density at radius 2 is 1.93 bits per heavy atom. The van der Waals surface area contributed by atoms with Crippen LogP contribution in [0.4, 0.5) is 0 Å². The normalized spacial score (nSPS) is 14.4. The molecule has 1 aliphatic rings. The summed E-state index contributed by atoms with van der Waals surface area (Å²) in [4.78, 5) is 20.5. The molecule has 28 heavy (non-hydrogen) atoms. The van der Waals surface area contributed by atoms with Crippen LogP contribution in [0.15, 0.2) is 22.7 Å². The first-order chi connectivity index (χ1) is 13.3. The molecule has 1 fully saturated rings. The third kappa shape index (κ3) is 3.11.